The topological polar surface area (TPSA) is 46.5 Å². The van der Waals surface area contributed by atoms with Gasteiger partial charge in [-0.2, -0.15) is 0 Å². The molecule has 0 spiro atoms. The van der Waals surface area contributed by atoms with Crippen molar-refractivity contribution in [1.29, 1.82) is 0 Å². The predicted octanol–water partition coefficient (Wildman–Crippen LogP) is 2.47. The first-order valence-corrected chi connectivity index (χ1v) is 4.67. The van der Waals surface area contributed by atoms with Gasteiger partial charge >= 0.3 is 5.97 Å². The molecule has 0 aliphatic heterocycles. The van der Waals surface area contributed by atoms with Crippen LogP contribution in [0.25, 0.3) is 0 Å². The summed E-state index contributed by atoms with van der Waals surface area (Å²) in [5, 5.41) is 8.52. The molecule has 0 aromatic heterocycles. The van der Waals surface area contributed by atoms with Crippen molar-refractivity contribution < 1.29 is 19.0 Å². The van der Waals surface area contributed by atoms with E-state index in [0.29, 0.717) is 5.56 Å². The van der Waals surface area contributed by atoms with Gasteiger partial charge in [-0.15, -0.1) is 0 Å². The number of benzene rings is 1. The van der Waals surface area contributed by atoms with Crippen LogP contribution >= 0.6 is 11.6 Å². The van der Waals surface area contributed by atoms with Crippen LogP contribution in [0.2, 0.25) is 5.02 Å². The van der Waals surface area contributed by atoms with Crippen molar-refractivity contribution in [2.45, 2.75) is 19.6 Å². The Hall–Kier alpha value is -1.13. The van der Waals surface area contributed by atoms with Crippen molar-refractivity contribution >= 4 is 17.6 Å². The van der Waals surface area contributed by atoms with E-state index in [1.807, 2.05) is 0 Å². The number of rotatable bonds is 4. The summed E-state index contributed by atoms with van der Waals surface area (Å²) in [6.45, 7) is 1.37. The molecule has 0 bridgehead atoms. The molecule has 0 aliphatic rings. The van der Waals surface area contributed by atoms with Crippen molar-refractivity contribution in [2.24, 2.45) is 0 Å². The molecule has 1 unspecified atom stereocenters. The van der Waals surface area contributed by atoms with Gasteiger partial charge in [-0.1, -0.05) is 23.7 Å². The standard InChI is InChI=1S/C10H10ClFO3/c1-6(10(13)14)15-5-7-3-2-4-8(12)9(7)11/h2-4,6H,5H2,1H3,(H,13,14). The van der Waals surface area contributed by atoms with Crippen LogP contribution in [0.1, 0.15) is 12.5 Å². The van der Waals surface area contributed by atoms with Gasteiger partial charge in [0.1, 0.15) is 5.82 Å². The highest BCUT2D eigenvalue weighted by molar-refractivity contribution is 6.31. The zero-order valence-corrected chi connectivity index (χ0v) is 8.79. The molecule has 0 heterocycles. The third-order valence-corrected chi connectivity index (χ3v) is 2.29. The van der Waals surface area contributed by atoms with Gasteiger partial charge in [-0.05, 0) is 18.6 Å². The minimum absolute atomic E-state index is 0.0237. The van der Waals surface area contributed by atoms with Gasteiger partial charge in [0.25, 0.3) is 0 Å². The number of carbonyl (C=O) groups is 1. The third kappa shape index (κ3) is 3.18. The molecule has 5 heteroatoms. The smallest absolute Gasteiger partial charge is 0.332 e. The fourth-order valence-electron chi connectivity index (χ4n) is 0.946. The highest BCUT2D eigenvalue weighted by atomic mass is 35.5. The first-order valence-electron chi connectivity index (χ1n) is 4.29. The summed E-state index contributed by atoms with van der Waals surface area (Å²) < 4.78 is 17.9. The first kappa shape index (κ1) is 11.9. The SMILES string of the molecule is CC(OCc1cccc(F)c1Cl)C(=O)O. The summed E-state index contributed by atoms with van der Waals surface area (Å²) >= 11 is 5.65. The molecule has 15 heavy (non-hydrogen) atoms. The first-order chi connectivity index (χ1) is 7.02. The van der Waals surface area contributed by atoms with Crippen molar-refractivity contribution in [1.82, 2.24) is 0 Å². The molecule has 1 rings (SSSR count). The molecule has 82 valence electrons. The Labute approximate surface area is 91.4 Å². The normalized spacial score (nSPS) is 12.5. The van der Waals surface area contributed by atoms with Gasteiger partial charge in [0.2, 0.25) is 0 Å². The Morgan fingerprint density at radius 1 is 1.67 bits per heavy atom. The van der Waals surface area contributed by atoms with E-state index in [2.05, 4.69) is 0 Å². The number of aliphatic carboxylic acids is 1. The second-order valence-corrected chi connectivity index (χ2v) is 3.38. The second-order valence-electron chi connectivity index (χ2n) is 3.00. The zero-order chi connectivity index (χ0) is 11.4. The Morgan fingerprint density at radius 2 is 2.33 bits per heavy atom. The Morgan fingerprint density at radius 3 is 2.93 bits per heavy atom. The van der Waals surface area contributed by atoms with Gasteiger partial charge in [-0.25, -0.2) is 9.18 Å². The molecule has 0 saturated carbocycles. The highest BCUT2D eigenvalue weighted by Crippen LogP contribution is 2.20. The van der Waals surface area contributed by atoms with Crippen molar-refractivity contribution in [2.75, 3.05) is 0 Å². The lowest BCUT2D eigenvalue weighted by Gasteiger charge is -2.09. The van der Waals surface area contributed by atoms with Crippen LogP contribution in [0, 0.1) is 5.82 Å². The molecule has 0 amide bonds. The lowest BCUT2D eigenvalue weighted by Crippen LogP contribution is -2.19. The second kappa shape index (κ2) is 5.09. The van der Waals surface area contributed by atoms with Crippen LogP contribution in [0.5, 0.6) is 0 Å². The summed E-state index contributed by atoms with van der Waals surface area (Å²) in [5.74, 6) is -1.61. The van der Waals surface area contributed by atoms with Crippen LogP contribution in [0.3, 0.4) is 0 Å². The van der Waals surface area contributed by atoms with E-state index in [4.69, 9.17) is 21.4 Å². The van der Waals surface area contributed by atoms with Crippen LogP contribution in [-0.4, -0.2) is 17.2 Å². The fourth-order valence-corrected chi connectivity index (χ4v) is 1.13. The minimum atomic E-state index is -1.07. The zero-order valence-electron chi connectivity index (χ0n) is 8.04. The van der Waals surface area contributed by atoms with Crippen molar-refractivity contribution in [3.05, 3.63) is 34.6 Å². The maximum Gasteiger partial charge on any atom is 0.332 e. The molecule has 3 nitrogen and oxygen atoms in total. The average molecular weight is 233 g/mol. The molecule has 1 N–H and O–H groups in total. The van der Waals surface area contributed by atoms with E-state index in [-0.39, 0.29) is 11.6 Å². The van der Waals surface area contributed by atoms with E-state index in [0.717, 1.165) is 0 Å². The monoisotopic (exact) mass is 232 g/mol. The van der Waals surface area contributed by atoms with Crippen LogP contribution in [0.4, 0.5) is 4.39 Å². The molecule has 0 fully saturated rings. The maximum atomic E-state index is 13.0. The van der Waals surface area contributed by atoms with Crippen LogP contribution in [0.15, 0.2) is 18.2 Å². The lowest BCUT2D eigenvalue weighted by molar-refractivity contribution is -0.149. The Balaban J connectivity index is 2.66. The molecular formula is C10H10ClFO3. The molecule has 0 aliphatic carbocycles. The molecule has 1 aromatic carbocycles. The van der Waals surface area contributed by atoms with Crippen molar-refractivity contribution in [3.63, 3.8) is 0 Å². The predicted molar refractivity (Wildman–Crippen MR) is 53.3 cm³/mol. The minimum Gasteiger partial charge on any atom is -0.479 e. The number of hydrogen-bond acceptors (Lipinski definition) is 2. The van der Waals surface area contributed by atoms with E-state index in [1.54, 1.807) is 6.07 Å². The van der Waals surface area contributed by atoms with Gasteiger partial charge in [0, 0.05) is 0 Å². The number of ether oxygens (including phenoxy) is 1. The van der Waals surface area contributed by atoms with E-state index >= 15 is 0 Å². The van der Waals surface area contributed by atoms with Crippen LogP contribution < -0.4 is 0 Å². The summed E-state index contributed by atoms with van der Waals surface area (Å²) in [5.41, 5.74) is 0.435. The number of halogens is 2. The molecule has 1 aromatic rings. The third-order valence-electron chi connectivity index (χ3n) is 1.87. The van der Waals surface area contributed by atoms with E-state index < -0.39 is 17.9 Å². The van der Waals surface area contributed by atoms with Crippen LogP contribution in [-0.2, 0) is 16.1 Å². The fraction of sp³-hybridized carbons (Fsp3) is 0.300. The molecule has 0 saturated heterocycles. The largest absolute Gasteiger partial charge is 0.479 e. The summed E-state index contributed by atoms with van der Waals surface area (Å²) in [6, 6.07) is 4.30. The van der Waals surface area contributed by atoms with Gasteiger partial charge in [0.05, 0.1) is 11.6 Å². The number of carboxylic acid groups (broad SMARTS) is 1. The Kier molecular flexibility index (Phi) is 4.05. The van der Waals surface area contributed by atoms with Gasteiger partial charge in [-0.3, -0.25) is 0 Å². The number of carboxylic acids is 1. The van der Waals surface area contributed by atoms with E-state index in [9.17, 15) is 9.18 Å². The highest BCUT2D eigenvalue weighted by Gasteiger charge is 2.12. The van der Waals surface area contributed by atoms with Crippen molar-refractivity contribution in [3.8, 4) is 0 Å². The summed E-state index contributed by atoms with van der Waals surface area (Å²) in [4.78, 5) is 10.4. The Bertz CT molecular complexity index is 368. The quantitative estimate of drug-likeness (QED) is 0.868. The van der Waals surface area contributed by atoms with Gasteiger partial charge in [0.15, 0.2) is 6.10 Å². The van der Waals surface area contributed by atoms with Gasteiger partial charge < -0.3 is 9.84 Å². The summed E-state index contributed by atoms with van der Waals surface area (Å²) in [7, 11) is 0. The lowest BCUT2D eigenvalue weighted by atomic mass is 10.2. The number of hydrogen-bond donors (Lipinski definition) is 1. The average Bonchev–Trinajstić information content (AvgIpc) is 2.19. The molecule has 1 atom stereocenters. The molecular weight excluding hydrogens is 223 g/mol. The molecule has 0 radical (unpaired) electrons. The maximum absolute atomic E-state index is 13.0. The van der Waals surface area contributed by atoms with E-state index in [1.165, 1.54) is 19.1 Å². The summed E-state index contributed by atoms with van der Waals surface area (Å²) in [6.07, 6.45) is -0.940.